The summed E-state index contributed by atoms with van der Waals surface area (Å²) >= 11 is 8.26. The molecule has 0 saturated carbocycles. The summed E-state index contributed by atoms with van der Waals surface area (Å²) in [5.74, 6) is -4.03. The van der Waals surface area contributed by atoms with E-state index in [0.717, 1.165) is 28.5 Å². The first-order valence-electron chi connectivity index (χ1n) is 13.1. The van der Waals surface area contributed by atoms with Crippen molar-refractivity contribution in [2.45, 2.75) is 37.6 Å². The second-order valence-electron chi connectivity index (χ2n) is 9.56. The van der Waals surface area contributed by atoms with Crippen molar-refractivity contribution in [3.8, 4) is 0 Å². The second-order valence-corrected chi connectivity index (χ2v) is 12.3. The van der Waals surface area contributed by atoms with Gasteiger partial charge in [-0.15, -0.1) is 11.8 Å². The number of aliphatic hydroxyl groups is 1. The van der Waals surface area contributed by atoms with Crippen molar-refractivity contribution in [2.24, 2.45) is 5.16 Å². The number of nitrogens with two attached hydrogens (primary N) is 1. The number of pyridine rings is 1. The molecule has 0 spiro atoms. The first-order valence-corrected chi connectivity index (χ1v) is 15.3. The van der Waals surface area contributed by atoms with Gasteiger partial charge in [-0.1, -0.05) is 28.1 Å². The Kier molecular flexibility index (Phi) is 10.6. The molecular weight excluding hydrogens is 640 g/mol. The third-order valence-electron chi connectivity index (χ3n) is 6.56. The number of rotatable bonds is 14. The Balaban J connectivity index is 1.53. The summed E-state index contributed by atoms with van der Waals surface area (Å²) in [6.07, 6.45) is 2.03. The van der Waals surface area contributed by atoms with Crippen LogP contribution in [-0.2, 0) is 37.2 Å². The van der Waals surface area contributed by atoms with Gasteiger partial charge in [-0.25, -0.2) is 19.1 Å². The molecule has 4 rings (SSSR count). The molecule has 2 amide bonds. The van der Waals surface area contributed by atoms with Crippen LogP contribution in [0.2, 0.25) is 4.34 Å². The van der Waals surface area contributed by atoms with Crippen LogP contribution in [0.25, 0.3) is 0 Å². The first-order chi connectivity index (χ1) is 21.0. The number of oxime groups is 1. The predicted molar refractivity (Wildman–Crippen MR) is 161 cm³/mol. The molecule has 0 radical (unpaired) electrons. The number of β-lactam (4-membered cyclic amide) rings is 1. The van der Waals surface area contributed by atoms with E-state index in [4.69, 9.17) is 27.3 Å². The number of carboxylic acid groups (broad SMARTS) is 2. The Hall–Kier alpha value is -3.97. The predicted octanol–water partition coefficient (Wildman–Crippen LogP) is -0.578. The molecule has 2 aromatic heterocycles. The van der Waals surface area contributed by atoms with Crippen molar-refractivity contribution >= 4 is 75.0 Å². The number of hydrogen-bond acceptors (Lipinski definition) is 13. The van der Waals surface area contributed by atoms with Crippen LogP contribution in [0.3, 0.4) is 0 Å². The number of aliphatic carboxylic acids is 2. The van der Waals surface area contributed by atoms with E-state index in [0.29, 0.717) is 17.7 Å². The smallest absolute Gasteiger partial charge is 0.352 e. The highest BCUT2D eigenvalue weighted by Gasteiger charge is 2.55. The summed E-state index contributed by atoms with van der Waals surface area (Å²) in [6.45, 7) is 2.46. The third kappa shape index (κ3) is 7.05. The van der Waals surface area contributed by atoms with Crippen molar-refractivity contribution in [1.29, 1.82) is 0 Å². The number of aliphatic hydroxyl groups excluding tert-OH is 1. The highest BCUT2D eigenvalue weighted by Crippen LogP contribution is 2.40. The van der Waals surface area contributed by atoms with Crippen molar-refractivity contribution in [3.63, 3.8) is 0 Å². The van der Waals surface area contributed by atoms with Gasteiger partial charge in [0, 0.05) is 30.5 Å². The fourth-order valence-electron chi connectivity index (χ4n) is 4.38. The van der Waals surface area contributed by atoms with Crippen LogP contribution in [0.5, 0.6) is 0 Å². The summed E-state index contributed by atoms with van der Waals surface area (Å²) in [4.78, 5) is 60.0. The molecule has 1 saturated heterocycles. The number of carbonyl (C=O) groups excluding carboxylic acids is 2. The molecule has 2 unspecified atom stereocenters. The average Bonchev–Trinajstić information content (AvgIpc) is 3.32. The van der Waals surface area contributed by atoms with Gasteiger partial charge in [0.2, 0.25) is 6.10 Å². The molecule has 0 bridgehead atoms. The van der Waals surface area contributed by atoms with Crippen molar-refractivity contribution in [2.75, 3.05) is 36.9 Å². The fourth-order valence-corrected chi connectivity index (χ4v) is 6.64. The van der Waals surface area contributed by atoms with E-state index in [-0.39, 0.29) is 39.8 Å². The molecule has 4 heterocycles. The van der Waals surface area contributed by atoms with Crippen LogP contribution in [0.4, 0.5) is 10.8 Å². The van der Waals surface area contributed by atoms with E-state index >= 15 is 0 Å². The van der Waals surface area contributed by atoms with Crippen molar-refractivity contribution in [1.82, 2.24) is 20.5 Å². The van der Waals surface area contributed by atoms with Gasteiger partial charge in [0.1, 0.15) is 27.1 Å². The summed E-state index contributed by atoms with van der Waals surface area (Å²) in [5.41, 5.74) is 6.65. The minimum absolute atomic E-state index is 0.0120. The molecule has 2 aliphatic rings. The van der Waals surface area contributed by atoms with Gasteiger partial charge >= 0.3 is 11.9 Å². The van der Waals surface area contributed by atoms with Gasteiger partial charge in [0.05, 0.1) is 17.9 Å². The normalized spacial score (nSPS) is 18.8. The lowest BCUT2D eigenvalue weighted by Gasteiger charge is -2.49. The number of nitrogens with one attached hydrogen (secondary N) is 3. The summed E-state index contributed by atoms with van der Waals surface area (Å²) in [5, 5.41) is 40.7. The SMILES string of the molecule is CNCCNc1cc[n+](CC2=C(C(=O)O)N3C(=O)C(NC(=O)C(=NO[C@@H](C)C(=O)O)c4nc(N)sc4Cl)C3SC2)cc1CO. The van der Waals surface area contributed by atoms with E-state index < -0.39 is 47.0 Å². The molecule has 19 heteroatoms. The molecule has 0 aromatic carbocycles. The maximum absolute atomic E-state index is 13.3. The lowest BCUT2D eigenvalue weighted by Crippen LogP contribution is -2.71. The quantitative estimate of drug-likeness (QED) is 0.0439. The lowest BCUT2D eigenvalue weighted by atomic mass is 10.0. The molecule has 0 aliphatic carbocycles. The Morgan fingerprint density at radius 1 is 1.34 bits per heavy atom. The number of fused-ring (bicyclic) bond motifs is 1. The number of nitrogen functional groups attached to an aromatic ring is 1. The second kappa shape index (κ2) is 14.2. The van der Waals surface area contributed by atoms with E-state index in [1.165, 1.54) is 18.7 Å². The van der Waals surface area contributed by atoms with Gasteiger partial charge in [0.15, 0.2) is 29.8 Å². The number of carboxylic acids is 2. The standard InChI is InChI=1S/C25H29ClN8O8S2/c1-11(23(38)39)42-32-16(15-19(26)44-25(27)31-15)20(36)30-17-21(37)34-18(24(40)41)13(10-43-22(17)34)8-33-6-3-14(12(7-33)9-35)29-5-4-28-2/h3,6-7,11,17,22,28,35H,4-5,8-10H2,1-2H3,(H5,27,30,31,36,38,39,40,41)/p+1/t11-,17?,22?/m0/s1. The van der Waals surface area contributed by atoms with Gasteiger partial charge in [0.25, 0.3) is 11.8 Å². The Morgan fingerprint density at radius 2 is 2.09 bits per heavy atom. The largest absolute Gasteiger partial charge is 0.478 e. The number of likely N-dealkylation sites (N-methyl/N-ethyl adjacent to an activating group) is 1. The number of halogens is 1. The minimum atomic E-state index is -1.42. The number of amides is 2. The van der Waals surface area contributed by atoms with Gasteiger partial charge in [-0.3, -0.25) is 14.5 Å². The minimum Gasteiger partial charge on any atom is -0.478 e. The van der Waals surface area contributed by atoms with Crippen LogP contribution < -0.4 is 26.3 Å². The third-order valence-corrected chi connectivity index (χ3v) is 8.99. The maximum atomic E-state index is 13.3. The number of anilines is 2. The average molecular weight is 670 g/mol. The summed E-state index contributed by atoms with van der Waals surface area (Å²) in [7, 11) is 1.83. The van der Waals surface area contributed by atoms with Gasteiger partial charge in [-0.05, 0) is 14.0 Å². The zero-order chi connectivity index (χ0) is 32.1. The van der Waals surface area contributed by atoms with E-state index in [1.807, 2.05) is 7.05 Å². The number of hydrogen-bond donors (Lipinski definition) is 7. The molecule has 1 fully saturated rings. The molecular formula is C25H30ClN8O8S2+. The first kappa shape index (κ1) is 32.9. The summed E-state index contributed by atoms with van der Waals surface area (Å²) in [6, 6.07) is 0.653. The number of thioether (sulfide) groups is 1. The van der Waals surface area contributed by atoms with Crippen LogP contribution in [-0.4, -0.2) is 98.1 Å². The summed E-state index contributed by atoms with van der Waals surface area (Å²) < 4.78 is 1.71. The number of carbonyl (C=O) groups is 4. The van der Waals surface area contributed by atoms with Gasteiger partial charge in [-0.2, -0.15) is 0 Å². The zero-order valence-corrected chi connectivity index (χ0v) is 25.8. The van der Waals surface area contributed by atoms with Crippen LogP contribution in [0.1, 0.15) is 18.2 Å². The Bertz CT molecular complexity index is 1530. The Morgan fingerprint density at radius 3 is 2.70 bits per heavy atom. The van der Waals surface area contributed by atoms with E-state index in [9.17, 15) is 29.4 Å². The van der Waals surface area contributed by atoms with E-state index in [1.54, 1.807) is 23.0 Å². The number of aromatic nitrogens is 2. The van der Waals surface area contributed by atoms with E-state index in [2.05, 4.69) is 26.1 Å². The lowest BCUT2D eigenvalue weighted by molar-refractivity contribution is -0.689. The molecule has 2 aliphatic heterocycles. The molecule has 44 heavy (non-hydrogen) atoms. The molecule has 16 nitrogen and oxygen atoms in total. The molecule has 2 aromatic rings. The fraction of sp³-hybridized carbons (Fsp3) is 0.400. The molecule has 236 valence electrons. The molecule has 8 N–H and O–H groups in total. The Labute approximate surface area is 263 Å². The van der Waals surface area contributed by atoms with Crippen molar-refractivity contribution in [3.05, 3.63) is 45.3 Å². The maximum Gasteiger partial charge on any atom is 0.352 e. The number of nitrogens with zero attached hydrogens (tertiary/aromatic N) is 4. The van der Waals surface area contributed by atoms with Crippen LogP contribution in [0, 0.1) is 0 Å². The highest BCUT2D eigenvalue weighted by molar-refractivity contribution is 8.00. The van der Waals surface area contributed by atoms with Crippen molar-refractivity contribution < 1.29 is 43.9 Å². The van der Waals surface area contributed by atoms with Gasteiger partial charge < -0.3 is 41.8 Å². The van der Waals surface area contributed by atoms with Crippen LogP contribution >= 0.6 is 34.7 Å². The van der Waals surface area contributed by atoms with Crippen LogP contribution in [0.15, 0.2) is 34.9 Å². The topological polar surface area (TPSA) is 233 Å². The number of thiazole rings is 1. The highest BCUT2D eigenvalue weighted by atomic mass is 35.5. The zero-order valence-electron chi connectivity index (χ0n) is 23.4. The molecule has 3 atom stereocenters. The monoisotopic (exact) mass is 669 g/mol.